The van der Waals surface area contributed by atoms with Crippen molar-refractivity contribution in [3.63, 3.8) is 0 Å². The molecule has 0 aliphatic rings. The van der Waals surface area contributed by atoms with Gasteiger partial charge in [-0.05, 0) is 60.3 Å². The third-order valence-corrected chi connectivity index (χ3v) is 6.63. The van der Waals surface area contributed by atoms with Crippen LogP contribution in [0, 0.1) is 12.3 Å². The van der Waals surface area contributed by atoms with Crippen LogP contribution in [0.15, 0.2) is 71.1 Å². The number of aryl methyl sites for hydroxylation is 1. The lowest BCUT2D eigenvalue weighted by Crippen LogP contribution is -2.30. The number of rotatable bonds is 11. The predicted molar refractivity (Wildman–Crippen MR) is 154 cm³/mol. The smallest absolute Gasteiger partial charge is 0.257 e. The Balaban J connectivity index is 0.000000320. The number of thioether (sulfide) groups is 1. The Morgan fingerprint density at radius 3 is 2.49 bits per heavy atom. The number of carbonyl (C=O) groups excluding carboxylic acids is 2. The first-order valence-electron chi connectivity index (χ1n) is 12.2. The third-order valence-electron chi connectivity index (χ3n) is 5.64. The fraction of sp³-hybridized carbons (Fsp3) is 0.207. The molecule has 10 heteroatoms. The molecule has 3 aromatic carbocycles. The molecule has 4 aromatic rings. The molecule has 0 atom stereocenters. The molecule has 2 amide bonds. The van der Waals surface area contributed by atoms with E-state index < -0.39 is 5.91 Å². The van der Waals surface area contributed by atoms with Gasteiger partial charge in [0, 0.05) is 35.0 Å². The number of hydrogen-bond acceptors (Lipinski definition) is 8. The minimum Gasteiger partial charge on any atom is -0.508 e. The van der Waals surface area contributed by atoms with E-state index in [1.807, 2.05) is 42.5 Å². The van der Waals surface area contributed by atoms with Crippen molar-refractivity contribution >= 4 is 40.6 Å². The van der Waals surface area contributed by atoms with Gasteiger partial charge in [0.1, 0.15) is 23.0 Å². The van der Waals surface area contributed by atoms with Gasteiger partial charge in [0.05, 0.1) is 12.3 Å². The highest BCUT2D eigenvalue weighted by Gasteiger charge is 2.08. The third kappa shape index (κ3) is 8.62. The number of primary amides is 1. The van der Waals surface area contributed by atoms with Gasteiger partial charge in [-0.2, -0.15) is 11.8 Å². The first kappa shape index (κ1) is 29.3. The molecule has 0 aliphatic carbocycles. The molecule has 0 unspecified atom stereocenters. The normalized spacial score (nSPS) is 10.4. The van der Waals surface area contributed by atoms with E-state index in [4.69, 9.17) is 31.1 Å². The Morgan fingerprint density at radius 1 is 1.08 bits per heavy atom. The van der Waals surface area contributed by atoms with E-state index in [9.17, 15) is 9.59 Å². The summed E-state index contributed by atoms with van der Waals surface area (Å²) in [7, 11) is 0. The average Bonchev–Trinajstić information content (AvgIpc) is 3.41. The Kier molecular flexibility index (Phi) is 11.0. The van der Waals surface area contributed by atoms with Crippen LogP contribution in [0.2, 0.25) is 0 Å². The van der Waals surface area contributed by atoms with E-state index in [0.717, 1.165) is 39.4 Å². The van der Waals surface area contributed by atoms with Crippen molar-refractivity contribution in [2.24, 2.45) is 11.5 Å². The number of benzene rings is 3. The quantitative estimate of drug-likeness (QED) is 0.139. The molecule has 7 N–H and O–H groups in total. The number of phenolic OH excluding ortho intramolecular Hbond substituents is 1. The maximum atomic E-state index is 12.0. The molecule has 9 nitrogen and oxygen atoms in total. The van der Waals surface area contributed by atoms with Gasteiger partial charge in [-0.25, -0.2) is 0 Å². The first-order chi connectivity index (χ1) is 18.8. The number of nitrogens with two attached hydrogens (primary N) is 2. The summed E-state index contributed by atoms with van der Waals surface area (Å²) in [5.74, 6) is 3.37. The van der Waals surface area contributed by atoms with Crippen molar-refractivity contribution in [2.75, 3.05) is 18.9 Å². The number of phenols is 1. The largest absolute Gasteiger partial charge is 0.508 e. The van der Waals surface area contributed by atoms with Crippen molar-refractivity contribution in [1.82, 2.24) is 5.32 Å². The molecule has 0 aliphatic heterocycles. The van der Waals surface area contributed by atoms with E-state index in [0.29, 0.717) is 30.0 Å². The van der Waals surface area contributed by atoms with Crippen molar-refractivity contribution < 1.29 is 23.8 Å². The fourth-order valence-corrected chi connectivity index (χ4v) is 4.34. The Hall–Kier alpha value is -4.28. The lowest BCUT2D eigenvalue weighted by atomic mass is 10.0. The SMILES string of the molecule is Cc1cc(C(N)=O)ccc1O.N=Cc1ccc(OCC(=O)NCCSCc2ccc(CN)o2)c2ccccc12. The van der Waals surface area contributed by atoms with E-state index in [2.05, 4.69) is 5.32 Å². The van der Waals surface area contributed by atoms with E-state index >= 15 is 0 Å². The summed E-state index contributed by atoms with van der Waals surface area (Å²) in [5, 5.41) is 21.3. The molecule has 204 valence electrons. The minimum atomic E-state index is -0.479. The molecular weight excluding hydrogens is 516 g/mol. The molecule has 1 heterocycles. The number of aromatic hydroxyl groups is 1. The van der Waals surface area contributed by atoms with Gasteiger partial charge in [-0.3, -0.25) is 9.59 Å². The summed E-state index contributed by atoms with van der Waals surface area (Å²) < 4.78 is 11.2. The molecule has 39 heavy (non-hydrogen) atoms. The average molecular weight is 549 g/mol. The fourth-order valence-electron chi connectivity index (χ4n) is 3.59. The number of fused-ring (bicyclic) bond motifs is 1. The van der Waals surface area contributed by atoms with Crippen LogP contribution in [-0.2, 0) is 17.1 Å². The molecule has 0 fully saturated rings. The van der Waals surface area contributed by atoms with Crippen LogP contribution in [0.3, 0.4) is 0 Å². The van der Waals surface area contributed by atoms with Gasteiger partial charge in [0.25, 0.3) is 5.91 Å². The van der Waals surface area contributed by atoms with Gasteiger partial charge < -0.3 is 36.5 Å². The number of nitrogens with one attached hydrogen (secondary N) is 2. The standard InChI is InChI=1S/C21H23N3O3S.C8H9NO2/c22-11-15-5-8-20(19-4-2-1-3-18(15)19)26-13-21(25)24-9-10-28-14-17-7-6-16(12-23)27-17;1-5-4-6(8(9)11)2-3-7(5)10/h1-8,11,22H,9-10,12-14,23H2,(H,24,25);2-4,10H,1H3,(H2,9,11). The van der Waals surface area contributed by atoms with E-state index in [1.165, 1.54) is 18.3 Å². The highest BCUT2D eigenvalue weighted by molar-refractivity contribution is 7.98. The van der Waals surface area contributed by atoms with Crippen LogP contribution in [-0.4, -0.2) is 42.0 Å². The van der Waals surface area contributed by atoms with E-state index in [1.54, 1.807) is 30.8 Å². The molecule has 0 saturated heterocycles. The topological polar surface area (TPSA) is 165 Å². The van der Waals surface area contributed by atoms with Crippen LogP contribution in [0.4, 0.5) is 0 Å². The van der Waals surface area contributed by atoms with Crippen LogP contribution in [0.25, 0.3) is 10.8 Å². The molecule has 0 bridgehead atoms. The highest BCUT2D eigenvalue weighted by Crippen LogP contribution is 2.27. The zero-order valence-electron chi connectivity index (χ0n) is 21.6. The number of carbonyl (C=O) groups is 2. The molecule has 0 radical (unpaired) electrons. The molecular formula is C29H32N4O5S. The summed E-state index contributed by atoms with van der Waals surface area (Å²) in [6, 6.07) is 19.6. The summed E-state index contributed by atoms with van der Waals surface area (Å²) in [5.41, 5.74) is 12.4. The number of hydrogen-bond donors (Lipinski definition) is 5. The van der Waals surface area contributed by atoms with Crippen molar-refractivity contribution in [3.05, 3.63) is 94.9 Å². The van der Waals surface area contributed by atoms with Crippen molar-refractivity contribution in [2.45, 2.75) is 19.2 Å². The Morgan fingerprint density at radius 2 is 1.82 bits per heavy atom. The van der Waals surface area contributed by atoms with Gasteiger partial charge in [-0.15, -0.1) is 0 Å². The lowest BCUT2D eigenvalue weighted by Gasteiger charge is -2.11. The minimum absolute atomic E-state index is 0.0450. The number of amides is 2. The number of ether oxygens (including phenoxy) is 1. The first-order valence-corrected chi connectivity index (χ1v) is 13.3. The zero-order chi connectivity index (χ0) is 28.2. The Bertz CT molecular complexity index is 1440. The summed E-state index contributed by atoms with van der Waals surface area (Å²) >= 11 is 1.68. The summed E-state index contributed by atoms with van der Waals surface area (Å²) in [4.78, 5) is 22.6. The van der Waals surface area contributed by atoms with Crippen molar-refractivity contribution in [1.29, 1.82) is 5.41 Å². The van der Waals surface area contributed by atoms with E-state index in [-0.39, 0.29) is 18.3 Å². The van der Waals surface area contributed by atoms with Crippen LogP contribution >= 0.6 is 11.8 Å². The van der Waals surface area contributed by atoms with Gasteiger partial charge in [-0.1, -0.05) is 24.3 Å². The second-order valence-corrected chi connectivity index (χ2v) is 9.58. The molecule has 0 saturated carbocycles. The molecule has 0 spiro atoms. The van der Waals surface area contributed by atoms with Crippen LogP contribution < -0.4 is 21.5 Å². The van der Waals surface area contributed by atoms with Gasteiger partial charge in [0.15, 0.2) is 6.61 Å². The van der Waals surface area contributed by atoms with Gasteiger partial charge in [0.2, 0.25) is 5.91 Å². The van der Waals surface area contributed by atoms with Gasteiger partial charge >= 0.3 is 0 Å². The van der Waals surface area contributed by atoms with Crippen LogP contribution in [0.1, 0.15) is 33.0 Å². The molecule has 4 rings (SSSR count). The zero-order valence-corrected chi connectivity index (χ0v) is 22.4. The second kappa shape index (κ2) is 14.6. The maximum Gasteiger partial charge on any atom is 0.257 e. The summed E-state index contributed by atoms with van der Waals surface area (Å²) in [6.07, 6.45) is 1.32. The lowest BCUT2D eigenvalue weighted by molar-refractivity contribution is -0.122. The van der Waals surface area contributed by atoms with Crippen LogP contribution in [0.5, 0.6) is 11.5 Å². The predicted octanol–water partition coefficient (Wildman–Crippen LogP) is 4.12. The van der Waals surface area contributed by atoms with Crippen molar-refractivity contribution in [3.8, 4) is 11.5 Å². The summed E-state index contributed by atoms with van der Waals surface area (Å²) in [6.45, 7) is 2.63. The number of furan rings is 1. The Labute approximate surface area is 231 Å². The highest BCUT2D eigenvalue weighted by atomic mass is 32.2. The second-order valence-electron chi connectivity index (χ2n) is 8.47. The monoisotopic (exact) mass is 548 g/mol. The molecule has 1 aromatic heterocycles. The maximum absolute atomic E-state index is 12.0.